The van der Waals surface area contributed by atoms with Crippen molar-refractivity contribution in [2.45, 2.75) is 141 Å². The molecule has 0 spiro atoms. The van der Waals surface area contributed by atoms with Crippen LogP contribution in [0, 0.1) is 23.7 Å². The summed E-state index contributed by atoms with van der Waals surface area (Å²) in [7, 11) is 3.84. The predicted molar refractivity (Wildman–Crippen MR) is 214 cm³/mol. The molecule has 0 aliphatic carbocycles. The van der Waals surface area contributed by atoms with Gasteiger partial charge in [-0.15, -0.1) is 0 Å². The lowest BCUT2D eigenvalue weighted by Gasteiger charge is -2.49. The molecular formula is C43H66N4O11. The van der Waals surface area contributed by atoms with Crippen molar-refractivity contribution in [2.75, 3.05) is 33.9 Å². The number of aliphatic hydroxyl groups excluding tert-OH is 1. The number of nitrogens with one attached hydrogen (secondary N) is 2. The Bertz CT molecular complexity index is 1630. The monoisotopic (exact) mass is 814 g/mol. The quantitative estimate of drug-likeness (QED) is 0.184. The zero-order chi connectivity index (χ0) is 42.5. The molecule has 15 heteroatoms. The van der Waals surface area contributed by atoms with Crippen LogP contribution in [-0.2, 0) is 44.5 Å². The number of esters is 1. The molecule has 4 fully saturated rings. The van der Waals surface area contributed by atoms with E-state index in [4.69, 9.17) is 33.2 Å². The van der Waals surface area contributed by atoms with Crippen LogP contribution in [0.3, 0.4) is 0 Å². The Kier molecular flexibility index (Phi) is 15.1. The number of cyclic esters (lactones) is 1. The van der Waals surface area contributed by atoms with Gasteiger partial charge in [0.15, 0.2) is 11.9 Å². The Labute approximate surface area is 343 Å². The highest BCUT2D eigenvalue weighted by molar-refractivity contribution is 5.74. The second kappa shape index (κ2) is 19.2. The summed E-state index contributed by atoms with van der Waals surface area (Å²) in [5.41, 5.74) is 0.0597. The number of pyridine rings is 1. The zero-order valence-electron chi connectivity index (χ0n) is 35.9. The number of ether oxygens (including phenoxy) is 7. The zero-order valence-corrected chi connectivity index (χ0v) is 35.9. The molecule has 0 saturated carbocycles. The molecule has 3 N–H and O–H groups in total. The molecule has 3 unspecified atom stereocenters. The van der Waals surface area contributed by atoms with Crippen LogP contribution in [0.5, 0.6) is 0 Å². The van der Waals surface area contributed by atoms with Crippen LogP contribution in [0.1, 0.15) is 80.2 Å². The van der Waals surface area contributed by atoms with Crippen molar-refractivity contribution in [1.82, 2.24) is 20.5 Å². The average molecular weight is 815 g/mol. The summed E-state index contributed by atoms with van der Waals surface area (Å²) in [4.78, 5) is 46.3. The molecule has 4 saturated heterocycles. The molecule has 0 aromatic carbocycles. The third kappa shape index (κ3) is 10.2. The van der Waals surface area contributed by atoms with Gasteiger partial charge in [0, 0.05) is 36.8 Å². The van der Waals surface area contributed by atoms with Gasteiger partial charge < -0.3 is 53.8 Å². The molecule has 0 radical (unpaired) electrons. The average Bonchev–Trinajstić information content (AvgIpc) is 3.51. The van der Waals surface area contributed by atoms with E-state index in [0.29, 0.717) is 24.8 Å². The minimum Gasteiger partial charge on any atom is -0.458 e. The fraction of sp³-hybridized carbons (Fsp3) is 0.721. The number of likely N-dealkylation sites (N-methyl/N-ethyl adjacent to an activating group) is 1. The summed E-state index contributed by atoms with van der Waals surface area (Å²) < 4.78 is 44.7. The normalized spacial score (nSPS) is 39.7. The maximum absolute atomic E-state index is 14.3. The molecule has 15 nitrogen and oxygen atoms in total. The molecule has 14 atom stereocenters. The first kappa shape index (κ1) is 45.5. The topological polar surface area (TPSA) is 176 Å². The van der Waals surface area contributed by atoms with E-state index in [-0.39, 0.29) is 44.4 Å². The van der Waals surface area contributed by atoms with E-state index in [1.54, 1.807) is 38.4 Å². The van der Waals surface area contributed by atoms with Crippen LogP contribution < -0.4 is 10.6 Å². The van der Waals surface area contributed by atoms with Gasteiger partial charge >= 0.3 is 18.2 Å². The van der Waals surface area contributed by atoms with Crippen molar-refractivity contribution in [3.8, 4) is 0 Å². The Hall–Kier alpha value is -3.60. The van der Waals surface area contributed by atoms with E-state index >= 15 is 0 Å². The molecule has 1 aromatic heterocycles. The Morgan fingerprint density at radius 3 is 2.50 bits per heavy atom. The summed E-state index contributed by atoms with van der Waals surface area (Å²) in [5.74, 6) is -2.50. The molecule has 5 rings (SSSR count). The minimum atomic E-state index is -1.25. The van der Waals surface area contributed by atoms with Crippen molar-refractivity contribution in [3.63, 3.8) is 0 Å². The lowest BCUT2D eigenvalue weighted by molar-refractivity contribution is -0.302. The van der Waals surface area contributed by atoms with E-state index in [1.165, 1.54) is 0 Å². The maximum Gasteiger partial charge on any atom is 0.408 e. The minimum absolute atomic E-state index is 0.0688. The van der Waals surface area contributed by atoms with Gasteiger partial charge in [-0.3, -0.25) is 9.78 Å². The highest BCUT2D eigenvalue weighted by atomic mass is 16.7. The van der Waals surface area contributed by atoms with Crippen LogP contribution in [0.15, 0.2) is 48.3 Å². The van der Waals surface area contributed by atoms with Crippen molar-refractivity contribution in [3.05, 3.63) is 53.9 Å². The standard InChI is InChI=1S/C43H66N4O11/c1-12-33-43(9)36(46-41(51)58-43)27(5)31(15-18-52-40(50)45-21-30-13-16-44-17-14-30)25(3)20-42(8)37(57-39-34(48)32(47(10)11)19-26(4)55-39)28(6)35(29(7)38(49)56-33)53-22-24(2)23-54-42/h13-17,25-29,32-37,39,48H,2,12,18-23H2,1,3-11H3,(H,45,50)(H,46,51)/b31-15+/t25-,26-,27+,28+,29-,32+,33-,34-,35?,36?,37-,39?,42-,43-/m1/s1. The summed E-state index contributed by atoms with van der Waals surface area (Å²) in [5, 5.41) is 17.5. The van der Waals surface area contributed by atoms with Crippen LogP contribution in [0.2, 0.25) is 0 Å². The van der Waals surface area contributed by atoms with Gasteiger partial charge in [0.2, 0.25) is 0 Å². The first-order chi connectivity index (χ1) is 27.4. The highest BCUT2D eigenvalue weighted by Crippen LogP contribution is 2.44. The molecule has 58 heavy (non-hydrogen) atoms. The largest absolute Gasteiger partial charge is 0.458 e. The number of aliphatic hydroxyl groups is 1. The van der Waals surface area contributed by atoms with Crippen LogP contribution in [0.25, 0.3) is 0 Å². The first-order valence-electron chi connectivity index (χ1n) is 20.7. The third-order valence-electron chi connectivity index (χ3n) is 12.6. The Balaban J connectivity index is 1.58. The molecule has 1 aromatic rings. The Morgan fingerprint density at radius 2 is 1.83 bits per heavy atom. The fourth-order valence-electron chi connectivity index (χ4n) is 9.46. The number of amides is 2. The van der Waals surface area contributed by atoms with Gasteiger partial charge in [-0.05, 0) is 96.3 Å². The number of carbonyl (C=O) groups is 3. The number of alkyl carbamates (subject to hydrolysis) is 2. The number of hydrogen-bond donors (Lipinski definition) is 3. The summed E-state index contributed by atoms with van der Waals surface area (Å²) >= 11 is 0. The summed E-state index contributed by atoms with van der Waals surface area (Å²) in [6, 6.07) is 2.75. The molecular weight excluding hydrogens is 748 g/mol. The van der Waals surface area contributed by atoms with Crippen molar-refractivity contribution in [1.29, 1.82) is 0 Å². The van der Waals surface area contributed by atoms with Gasteiger partial charge in [-0.25, -0.2) is 9.59 Å². The molecule has 4 aliphatic heterocycles. The van der Waals surface area contributed by atoms with Crippen LogP contribution in [-0.4, -0.2) is 127 Å². The fourth-order valence-corrected chi connectivity index (χ4v) is 9.46. The molecule has 5 heterocycles. The number of rotatable bonds is 8. The number of aromatic nitrogens is 1. The van der Waals surface area contributed by atoms with E-state index in [0.717, 1.165) is 11.1 Å². The molecule has 2 bridgehead atoms. The van der Waals surface area contributed by atoms with Crippen molar-refractivity contribution in [2.24, 2.45) is 23.7 Å². The van der Waals surface area contributed by atoms with E-state index < -0.39 is 83.9 Å². The summed E-state index contributed by atoms with van der Waals surface area (Å²) in [6.45, 7) is 20.1. The van der Waals surface area contributed by atoms with E-state index in [9.17, 15) is 19.5 Å². The third-order valence-corrected chi connectivity index (χ3v) is 12.6. The number of carbonyl (C=O) groups excluding carboxylic acids is 3. The van der Waals surface area contributed by atoms with Gasteiger partial charge in [0.05, 0.1) is 49.1 Å². The number of hydrogen-bond acceptors (Lipinski definition) is 13. The first-order valence-corrected chi connectivity index (χ1v) is 20.7. The highest BCUT2D eigenvalue weighted by Gasteiger charge is 2.57. The summed E-state index contributed by atoms with van der Waals surface area (Å²) in [6.07, 6.45) is 0.743. The molecule has 324 valence electrons. The maximum atomic E-state index is 14.3. The lowest BCUT2D eigenvalue weighted by atomic mass is 9.71. The SMILES string of the molecule is C=C1COC2[C@@H](C)C(=O)O[C@H](CC)[C@@]3(C)OC(=O)NC3[C@@H](C)/C(=C/COC(=O)NCc3ccncc3)[C@H](C)C[C@@](C)(OC1)[C@H](OC1O[C@H](C)C[C@H](N(C)C)[C@H]1O)[C@H]2C. The van der Waals surface area contributed by atoms with E-state index in [1.807, 2.05) is 59.7 Å². The molecule has 2 amide bonds. The van der Waals surface area contributed by atoms with Gasteiger partial charge in [0.1, 0.15) is 18.8 Å². The van der Waals surface area contributed by atoms with E-state index in [2.05, 4.69) is 29.1 Å². The number of nitrogens with zero attached hydrogens (tertiary/aromatic N) is 2. The second-order valence-electron chi connectivity index (χ2n) is 17.3. The molecule has 4 aliphatic rings. The second-order valence-corrected chi connectivity index (χ2v) is 17.3. The van der Waals surface area contributed by atoms with Crippen LogP contribution >= 0.6 is 0 Å². The van der Waals surface area contributed by atoms with Crippen LogP contribution in [0.4, 0.5) is 9.59 Å². The Morgan fingerprint density at radius 1 is 1.12 bits per heavy atom. The van der Waals surface area contributed by atoms with Gasteiger partial charge in [0.25, 0.3) is 0 Å². The van der Waals surface area contributed by atoms with Gasteiger partial charge in [-0.1, -0.05) is 39.8 Å². The predicted octanol–water partition coefficient (Wildman–Crippen LogP) is 4.91. The van der Waals surface area contributed by atoms with Gasteiger partial charge in [-0.2, -0.15) is 0 Å². The van der Waals surface area contributed by atoms with Crippen molar-refractivity contribution < 1.29 is 52.6 Å². The van der Waals surface area contributed by atoms with Crippen molar-refractivity contribution >= 4 is 18.2 Å². The number of fused-ring (bicyclic) bond motifs is 4. The smallest absolute Gasteiger partial charge is 0.408 e. The lowest BCUT2D eigenvalue weighted by Crippen LogP contribution is -2.60.